The Morgan fingerprint density at radius 2 is 1.89 bits per heavy atom. The molecule has 0 unspecified atom stereocenters. The van der Waals surface area contributed by atoms with Crippen LogP contribution < -0.4 is 5.73 Å². The third-order valence-corrected chi connectivity index (χ3v) is 4.24. The fourth-order valence-electron chi connectivity index (χ4n) is 1.84. The number of nitrogens with zero attached hydrogens (tertiary/aromatic N) is 1. The molecule has 0 aliphatic carbocycles. The van der Waals surface area contributed by atoms with Gasteiger partial charge in [-0.25, -0.2) is 0 Å². The Morgan fingerprint density at radius 3 is 2.58 bits per heavy atom. The number of aromatic nitrogens is 1. The van der Waals surface area contributed by atoms with Gasteiger partial charge in [0.1, 0.15) is 5.69 Å². The van der Waals surface area contributed by atoms with Crippen LogP contribution in [0, 0.1) is 0 Å². The minimum absolute atomic E-state index is 0.243. The minimum Gasteiger partial charge on any atom is -0.367 e. The summed E-state index contributed by atoms with van der Waals surface area (Å²) in [6.45, 7) is 0. The quantitative estimate of drug-likeness (QED) is 0.728. The molecule has 0 atom stereocenters. The van der Waals surface area contributed by atoms with Gasteiger partial charge in [0.15, 0.2) is 0 Å². The zero-order chi connectivity index (χ0) is 13.4. The molecule has 2 heterocycles. The molecular formula is C13H8Cl2N2OS. The highest BCUT2D eigenvalue weighted by atomic mass is 35.5. The second-order valence-corrected chi connectivity index (χ2v) is 5.98. The van der Waals surface area contributed by atoms with Gasteiger partial charge >= 0.3 is 0 Å². The van der Waals surface area contributed by atoms with Crippen LogP contribution in [0.5, 0.6) is 0 Å². The average molecular weight is 311 g/mol. The number of rotatable bonds is 2. The maximum Gasteiger partial charge on any atom is 0.230 e. The van der Waals surface area contributed by atoms with Crippen LogP contribution >= 0.6 is 34.5 Å². The monoisotopic (exact) mass is 310 g/mol. The Balaban J connectivity index is 2.22. The maximum absolute atomic E-state index is 6.20. The number of nitrogens with two attached hydrogens (primary N) is 1. The van der Waals surface area contributed by atoms with E-state index in [-0.39, 0.29) is 5.88 Å². The predicted molar refractivity (Wildman–Crippen MR) is 79.7 cm³/mol. The Morgan fingerprint density at radius 1 is 1.11 bits per heavy atom. The molecule has 0 aliphatic heterocycles. The summed E-state index contributed by atoms with van der Waals surface area (Å²) in [5.74, 6) is 0.243. The fraction of sp³-hybridized carbons (Fsp3) is 0. The zero-order valence-electron chi connectivity index (χ0n) is 9.56. The van der Waals surface area contributed by atoms with Crippen molar-refractivity contribution in [2.45, 2.75) is 0 Å². The first-order chi connectivity index (χ1) is 9.16. The largest absolute Gasteiger partial charge is 0.367 e. The van der Waals surface area contributed by atoms with Crippen LogP contribution in [0.3, 0.4) is 0 Å². The molecule has 6 heteroatoms. The Hall–Kier alpha value is -1.49. The minimum atomic E-state index is 0.243. The first-order valence-electron chi connectivity index (χ1n) is 5.42. The van der Waals surface area contributed by atoms with Crippen LogP contribution in [-0.4, -0.2) is 5.16 Å². The molecule has 96 valence electrons. The Bertz CT molecular complexity index is 736. The molecule has 2 N–H and O–H groups in total. The summed E-state index contributed by atoms with van der Waals surface area (Å²) >= 11 is 13.6. The number of nitrogen functional groups attached to an aromatic ring is 1. The van der Waals surface area contributed by atoms with E-state index in [1.165, 1.54) is 11.3 Å². The van der Waals surface area contributed by atoms with Crippen LogP contribution in [-0.2, 0) is 0 Å². The number of hydrogen-bond acceptors (Lipinski definition) is 4. The van der Waals surface area contributed by atoms with Crippen LogP contribution in [0.2, 0.25) is 9.36 Å². The van der Waals surface area contributed by atoms with Gasteiger partial charge < -0.3 is 10.3 Å². The second-order valence-electron chi connectivity index (χ2n) is 3.85. The van der Waals surface area contributed by atoms with Crippen molar-refractivity contribution < 1.29 is 4.52 Å². The summed E-state index contributed by atoms with van der Waals surface area (Å²) in [5.41, 5.74) is 8.02. The number of thiophene rings is 1. The molecule has 0 saturated heterocycles. The molecule has 0 fully saturated rings. The molecule has 0 amide bonds. The van der Waals surface area contributed by atoms with E-state index in [4.69, 9.17) is 33.5 Å². The first-order valence-corrected chi connectivity index (χ1v) is 7.00. The highest BCUT2D eigenvalue weighted by Gasteiger charge is 2.20. The molecule has 0 radical (unpaired) electrons. The van der Waals surface area contributed by atoms with Gasteiger partial charge in [0.05, 0.1) is 14.8 Å². The number of anilines is 1. The average Bonchev–Trinajstić information content (AvgIpc) is 2.96. The molecular weight excluding hydrogens is 303 g/mol. The van der Waals surface area contributed by atoms with Crippen molar-refractivity contribution in [3.05, 3.63) is 45.8 Å². The molecule has 0 bridgehead atoms. The topological polar surface area (TPSA) is 52.0 Å². The van der Waals surface area contributed by atoms with Crippen LogP contribution in [0.1, 0.15) is 0 Å². The molecule has 0 saturated carbocycles. The second kappa shape index (κ2) is 4.89. The van der Waals surface area contributed by atoms with Crippen molar-refractivity contribution in [2.75, 3.05) is 5.73 Å². The van der Waals surface area contributed by atoms with Crippen molar-refractivity contribution in [2.24, 2.45) is 0 Å². The van der Waals surface area contributed by atoms with Gasteiger partial charge in [-0.1, -0.05) is 46.6 Å². The SMILES string of the molecule is Nc1onc(-c2ccc(Cl)s2)c1-c1ccccc1Cl. The van der Waals surface area contributed by atoms with E-state index in [0.717, 1.165) is 10.4 Å². The van der Waals surface area contributed by atoms with E-state index in [0.29, 0.717) is 20.6 Å². The van der Waals surface area contributed by atoms with Crippen molar-refractivity contribution in [3.63, 3.8) is 0 Å². The number of halogens is 2. The molecule has 0 aliphatic rings. The van der Waals surface area contributed by atoms with E-state index in [1.54, 1.807) is 6.07 Å². The van der Waals surface area contributed by atoms with Gasteiger partial charge in [0.2, 0.25) is 5.88 Å². The third kappa shape index (κ3) is 2.23. The van der Waals surface area contributed by atoms with Gasteiger partial charge in [-0.05, 0) is 18.2 Å². The van der Waals surface area contributed by atoms with E-state index in [1.807, 2.05) is 30.3 Å². The molecule has 3 aromatic rings. The van der Waals surface area contributed by atoms with Crippen LogP contribution in [0.4, 0.5) is 5.88 Å². The van der Waals surface area contributed by atoms with E-state index in [2.05, 4.69) is 5.16 Å². The smallest absolute Gasteiger partial charge is 0.230 e. The van der Waals surface area contributed by atoms with Crippen molar-refractivity contribution in [1.82, 2.24) is 5.16 Å². The third-order valence-electron chi connectivity index (χ3n) is 2.67. The zero-order valence-corrected chi connectivity index (χ0v) is 11.9. The van der Waals surface area contributed by atoms with Gasteiger partial charge in [0, 0.05) is 10.6 Å². The summed E-state index contributed by atoms with van der Waals surface area (Å²) in [6, 6.07) is 11.1. The molecule has 19 heavy (non-hydrogen) atoms. The lowest BCUT2D eigenvalue weighted by molar-refractivity contribution is 0.439. The first kappa shape index (κ1) is 12.5. The van der Waals surface area contributed by atoms with Crippen molar-refractivity contribution in [1.29, 1.82) is 0 Å². The molecule has 3 rings (SSSR count). The van der Waals surface area contributed by atoms with E-state index >= 15 is 0 Å². The molecule has 2 aromatic heterocycles. The van der Waals surface area contributed by atoms with E-state index < -0.39 is 0 Å². The standard InChI is InChI=1S/C13H8Cl2N2OS/c14-8-4-2-1-3-7(8)11-12(17-18-13(11)16)9-5-6-10(15)19-9/h1-6H,16H2. The summed E-state index contributed by atoms with van der Waals surface area (Å²) in [7, 11) is 0. The summed E-state index contributed by atoms with van der Waals surface area (Å²) < 4.78 is 5.78. The lowest BCUT2D eigenvalue weighted by atomic mass is 10.0. The van der Waals surface area contributed by atoms with Gasteiger partial charge in [0.25, 0.3) is 0 Å². The lowest BCUT2D eigenvalue weighted by Gasteiger charge is -2.03. The van der Waals surface area contributed by atoms with Crippen molar-refractivity contribution >= 4 is 40.4 Å². The van der Waals surface area contributed by atoms with E-state index in [9.17, 15) is 0 Å². The summed E-state index contributed by atoms with van der Waals surface area (Å²) in [4.78, 5) is 0.889. The highest BCUT2D eigenvalue weighted by Crippen LogP contribution is 2.42. The van der Waals surface area contributed by atoms with Crippen LogP contribution in [0.25, 0.3) is 21.7 Å². The van der Waals surface area contributed by atoms with Gasteiger partial charge in [-0.15, -0.1) is 11.3 Å². The fourth-order valence-corrected chi connectivity index (χ4v) is 3.10. The molecule has 0 spiro atoms. The lowest BCUT2D eigenvalue weighted by Crippen LogP contribution is -1.87. The van der Waals surface area contributed by atoms with Gasteiger partial charge in [-0.3, -0.25) is 0 Å². The molecule has 1 aromatic carbocycles. The maximum atomic E-state index is 6.20. The number of hydrogen-bond donors (Lipinski definition) is 1. The Labute approximate surface area is 123 Å². The van der Waals surface area contributed by atoms with Gasteiger partial charge in [-0.2, -0.15) is 0 Å². The number of benzene rings is 1. The molecule has 3 nitrogen and oxygen atoms in total. The van der Waals surface area contributed by atoms with Crippen molar-refractivity contribution in [3.8, 4) is 21.7 Å². The predicted octanol–water partition coefficient (Wildman–Crippen LogP) is 4.96. The summed E-state index contributed by atoms with van der Waals surface area (Å²) in [5, 5.41) is 4.61. The summed E-state index contributed by atoms with van der Waals surface area (Å²) in [6.07, 6.45) is 0. The normalized spacial score (nSPS) is 10.8. The van der Waals surface area contributed by atoms with Crippen LogP contribution in [0.15, 0.2) is 40.9 Å². The Kier molecular flexibility index (Phi) is 3.22. The highest BCUT2D eigenvalue weighted by molar-refractivity contribution is 7.19.